The van der Waals surface area contributed by atoms with Gasteiger partial charge in [0.1, 0.15) is 29.4 Å². The smallest absolute Gasteiger partial charge is 0.433 e. The molecule has 1 aliphatic heterocycles. The normalized spacial score (nSPS) is 13.4. The van der Waals surface area contributed by atoms with Crippen LogP contribution in [0, 0.1) is 5.82 Å². The first kappa shape index (κ1) is 19.4. The number of benzene rings is 1. The summed E-state index contributed by atoms with van der Waals surface area (Å²) in [4.78, 5) is 7.80. The number of fused-ring (bicyclic) bond motifs is 2. The predicted octanol–water partition coefficient (Wildman–Crippen LogP) is 4.06. The van der Waals surface area contributed by atoms with Crippen molar-refractivity contribution in [3.8, 4) is 16.9 Å². The molecule has 0 aliphatic carbocycles. The molecule has 1 aliphatic rings. The molecule has 0 saturated carbocycles. The van der Waals surface area contributed by atoms with E-state index in [0.29, 0.717) is 54.2 Å². The van der Waals surface area contributed by atoms with Gasteiger partial charge >= 0.3 is 6.18 Å². The van der Waals surface area contributed by atoms with E-state index in [0.717, 1.165) is 17.8 Å². The van der Waals surface area contributed by atoms with E-state index in [9.17, 15) is 17.6 Å². The van der Waals surface area contributed by atoms with E-state index < -0.39 is 11.9 Å². The molecule has 6 nitrogen and oxygen atoms in total. The molecule has 0 N–H and O–H groups in total. The first-order valence-corrected chi connectivity index (χ1v) is 9.56. The third-order valence-corrected chi connectivity index (χ3v) is 5.31. The van der Waals surface area contributed by atoms with Crippen molar-refractivity contribution in [2.75, 3.05) is 6.61 Å². The molecule has 5 rings (SSSR count). The number of ether oxygens (including phenoxy) is 1. The van der Waals surface area contributed by atoms with E-state index in [1.54, 1.807) is 10.5 Å². The maximum absolute atomic E-state index is 14.4. The van der Waals surface area contributed by atoms with E-state index in [1.807, 2.05) is 0 Å². The maximum Gasteiger partial charge on any atom is 0.433 e. The van der Waals surface area contributed by atoms with Gasteiger partial charge in [-0.25, -0.2) is 9.37 Å². The van der Waals surface area contributed by atoms with Crippen LogP contribution in [0.15, 0.2) is 43.0 Å². The van der Waals surface area contributed by atoms with Gasteiger partial charge in [0.05, 0.1) is 6.61 Å². The standard InChI is InChI=1S/C21H15F4N5O/c22-16-2-3-17-14(6-8-31-17)13(16)1-4-19-27-10-15(20-29-28-11-30(19)20)12-5-7-26-18(9-12)21(23,24)25/h2-3,5,7,9-11H,1,4,6,8H2. The number of hydrogen-bond acceptors (Lipinski definition) is 5. The lowest BCUT2D eigenvalue weighted by molar-refractivity contribution is -0.141. The van der Waals surface area contributed by atoms with Gasteiger partial charge in [0.15, 0.2) is 5.65 Å². The fourth-order valence-corrected chi connectivity index (χ4v) is 3.83. The van der Waals surface area contributed by atoms with Gasteiger partial charge in [-0.05, 0) is 41.8 Å². The molecule has 0 bridgehead atoms. The second kappa shape index (κ2) is 7.29. The summed E-state index contributed by atoms with van der Waals surface area (Å²) in [6.07, 6.45) is 0.890. The Bertz CT molecular complexity index is 1280. The van der Waals surface area contributed by atoms with Crippen molar-refractivity contribution in [1.82, 2.24) is 24.6 Å². The Balaban J connectivity index is 1.49. The van der Waals surface area contributed by atoms with Crippen molar-refractivity contribution in [1.29, 1.82) is 0 Å². The fraction of sp³-hybridized carbons (Fsp3) is 0.238. The van der Waals surface area contributed by atoms with Crippen LogP contribution in [0.1, 0.15) is 22.6 Å². The van der Waals surface area contributed by atoms with Crippen LogP contribution in [-0.2, 0) is 25.4 Å². The molecule has 0 radical (unpaired) electrons. The van der Waals surface area contributed by atoms with E-state index in [2.05, 4.69) is 20.2 Å². The summed E-state index contributed by atoms with van der Waals surface area (Å²) in [6.45, 7) is 0.528. The summed E-state index contributed by atoms with van der Waals surface area (Å²) in [5.41, 5.74) is 1.51. The van der Waals surface area contributed by atoms with Gasteiger partial charge < -0.3 is 4.74 Å². The Morgan fingerprint density at radius 2 is 1.97 bits per heavy atom. The van der Waals surface area contributed by atoms with Crippen LogP contribution in [0.3, 0.4) is 0 Å². The number of aryl methyl sites for hydroxylation is 1. The van der Waals surface area contributed by atoms with Crippen LogP contribution in [0.25, 0.3) is 16.8 Å². The third-order valence-electron chi connectivity index (χ3n) is 5.31. The van der Waals surface area contributed by atoms with Gasteiger partial charge in [-0.15, -0.1) is 10.2 Å². The molecular formula is C21H15F4N5O. The van der Waals surface area contributed by atoms with Gasteiger partial charge in [-0.2, -0.15) is 13.2 Å². The largest absolute Gasteiger partial charge is 0.493 e. The molecule has 158 valence electrons. The summed E-state index contributed by atoms with van der Waals surface area (Å²) in [6, 6.07) is 5.44. The highest BCUT2D eigenvalue weighted by Crippen LogP contribution is 2.33. The highest BCUT2D eigenvalue weighted by molar-refractivity contribution is 5.76. The van der Waals surface area contributed by atoms with E-state index in [-0.39, 0.29) is 11.4 Å². The van der Waals surface area contributed by atoms with Crippen LogP contribution >= 0.6 is 0 Å². The molecule has 0 saturated heterocycles. The average Bonchev–Trinajstić information content (AvgIpc) is 3.42. The van der Waals surface area contributed by atoms with Crippen molar-refractivity contribution in [2.45, 2.75) is 25.4 Å². The number of pyridine rings is 1. The zero-order valence-corrected chi connectivity index (χ0v) is 16.0. The van der Waals surface area contributed by atoms with Crippen molar-refractivity contribution in [3.63, 3.8) is 0 Å². The Morgan fingerprint density at radius 3 is 2.81 bits per heavy atom. The third kappa shape index (κ3) is 3.47. The van der Waals surface area contributed by atoms with Gasteiger partial charge in [0, 0.05) is 36.4 Å². The minimum atomic E-state index is -4.56. The first-order chi connectivity index (χ1) is 14.9. The number of aromatic nitrogens is 5. The monoisotopic (exact) mass is 429 g/mol. The van der Waals surface area contributed by atoms with Gasteiger partial charge in [0.2, 0.25) is 0 Å². The number of hydrogen-bond donors (Lipinski definition) is 0. The molecule has 0 amide bonds. The molecule has 3 aromatic heterocycles. The summed E-state index contributed by atoms with van der Waals surface area (Å²) in [5, 5.41) is 7.95. The second-order valence-corrected chi connectivity index (χ2v) is 7.14. The molecular weight excluding hydrogens is 414 g/mol. The van der Waals surface area contributed by atoms with Crippen molar-refractivity contribution in [2.24, 2.45) is 0 Å². The molecule has 4 heterocycles. The maximum atomic E-state index is 14.4. The highest BCUT2D eigenvalue weighted by Gasteiger charge is 2.32. The topological polar surface area (TPSA) is 65.2 Å². The molecule has 0 fully saturated rings. The Morgan fingerprint density at radius 1 is 1.10 bits per heavy atom. The van der Waals surface area contributed by atoms with Crippen LogP contribution in [0.2, 0.25) is 0 Å². The SMILES string of the molecule is Fc1ccc2c(c1CCc1ncc(-c3ccnc(C(F)(F)F)c3)c3nncn13)CCO2. The molecule has 0 atom stereocenters. The number of alkyl halides is 3. The lowest BCUT2D eigenvalue weighted by atomic mass is 10.00. The number of rotatable bonds is 4. The van der Waals surface area contributed by atoms with Crippen LogP contribution < -0.4 is 4.74 Å². The minimum absolute atomic E-state index is 0.281. The molecule has 31 heavy (non-hydrogen) atoms. The van der Waals surface area contributed by atoms with Gasteiger partial charge in [-0.3, -0.25) is 9.38 Å². The fourth-order valence-electron chi connectivity index (χ4n) is 3.83. The zero-order valence-electron chi connectivity index (χ0n) is 16.0. The van der Waals surface area contributed by atoms with Crippen molar-refractivity contribution < 1.29 is 22.3 Å². The van der Waals surface area contributed by atoms with Crippen molar-refractivity contribution in [3.05, 3.63) is 71.4 Å². The summed E-state index contributed by atoms with van der Waals surface area (Å²) >= 11 is 0. The molecule has 0 unspecified atom stereocenters. The Labute approximate surface area is 173 Å². The molecule has 4 aromatic rings. The lowest BCUT2D eigenvalue weighted by Crippen LogP contribution is -2.08. The number of halogens is 4. The summed E-state index contributed by atoms with van der Waals surface area (Å²) < 4.78 is 60.7. The van der Waals surface area contributed by atoms with Gasteiger partial charge in [0.25, 0.3) is 0 Å². The molecule has 10 heteroatoms. The zero-order chi connectivity index (χ0) is 21.6. The lowest BCUT2D eigenvalue weighted by Gasteiger charge is -2.11. The Kier molecular flexibility index (Phi) is 4.57. The van der Waals surface area contributed by atoms with Crippen molar-refractivity contribution >= 4 is 5.65 Å². The quantitative estimate of drug-likeness (QED) is 0.458. The van der Waals surface area contributed by atoms with Crippen LogP contribution in [0.5, 0.6) is 5.75 Å². The number of nitrogens with zero attached hydrogens (tertiary/aromatic N) is 5. The van der Waals surface area contributed by atoms with E-state index in [1.165, 1.54) is 24.7 Å². The second-order valence-electron chi connectivity index (χ2n) is 7.14. The van der Waals surface area contributed by atoms with Crippen LogP contribution in [-0.4, -0.2) is 31.2 Å². The van der Waals surface area contributed by atoms with Crippen LogP contribution in [0.4, 0.5) is 17.6 Å². The van der Waals surface area contributed by atoms with Gasteiger partial charge in [-0.1, -0.05) is 0 Å². The summed E-state index contributed by atoms with van der Waals surface area (Å²) in [5.74, 6) is 0.981. The summed E-state index contributed by atoms with van der Waals surface area (Å²) in [7, 11) is 0. The van der Waals surface area contributed by atoms with E-state index in [4.69, 9.17) is 4.74 Å². The molecule has 1 aromatic carbocycles. The van der Waals surface area contributed by atoms with E-state index >= 15 is 0 Å². The highest BCUT2D eigenvalue weighted by atomic mass is 19.4. The Hall–Kier alpha value is -3.56. The first-order valence-electron chi connectivity index (χ1n) is 9.56. The molecule has 0 spiro atoms. The minimum Gasteiger partial charge on any atom is -0.493 e. The average molecular weight is 429 g/mol. The predicted molar refractivity (Wildman–Crippen MR) is 102 cm³/mol.